The molecule has 0 saturated carbocycles. The molecule has 0 aliphatic rings. The molecule has 1 heterocycles. The van der Waals surface area contributed by atoms with Crippen LogP contribution in [0, 0.1) is 0 Å². The second-order valence-electron chi connectivity index (χ2n) is 2.37. The minimum Gasteiger partial charge on any atom is -0.478 e. The third-order valence-corrected chi connectivity index (χ3v) is 2.54. The van der Waals surface area contributed by atoms with Crippen LogP contribution >= 0.6 is 11.3 Å². The van der Waals surface area contributed by atoms with Gasteiger partial charge in [0.05, 0.1) is 0 Å². The monoisotopic (exact) mass is 182 g/mol. The smallest absolute Gasteiger partial charge is 0.328 e. The van der Waals surface area contributed by atoms with E-state index in [0.717, 1.165) is 18.1 Å². The molecule has 0 amide bonds. The Morgan fingerprint density at radius 2 is 2.50 bits per heavy atom. The molecular weight excluding hydrogens is 172 g/mol. The summed E-state index contributed by atoms with van der Waals surface area (Å²) < 4.78 is 0. The second kappa shape index (κ2) is 4.07. The lowest BCUT2D eigenvalue weighted by Crippen LogP contribution is -1.84. The van der Waals surface area contributed by atoms with Crippen LogP contribution in [0.25, 0.3) is 6.08 Å². The van der Waals surface area contributed by atoms with Gasteiger partial charge in [-0.3, -0.25) is 0 Å². The first-order chi connectivity index (χ1) is 5.72. The molecule has 0 fully saturated rings. The standard InChI is InChI=1S/C9H10O2S/c1-2-8-5-7(6-12-8)3-4-9(10)11/h3-6H,2H2,1H3,(H,10,11). The number of thiophene rings is 1. The number of carboxylic acids is 1. The molecule has 0 aromatic carbocycles. The molecule has 0 spiro atoms. The van der Waals surface area contributed by atoms with Crippen molar-refractivity contribution in [3.63, 3.8) is 0 Å². The Balaban J connectivity index is 2.70. The summed E-state index contributed by atoms with van der Waals surface area (Å²) in [5.74, 6) is -0.903. The molecule has 3 heteroatoms. The van der Waals surface area contributed by atoms with Crippen LogP contribution in [0.1, 0.15) is 17.4 Å². The van der Waals surface area contributed by atoms with Crippen LogP contribution in [-0.4, -0.2) is 11.1 Å². The van der Waals surface area contributed by atoms with Gasteiger partial charge in [0.25, 0.3) is 0 Å². The zero-order valence-electron chi connectivity index (χ0n) is 6.78. The Morgan fingerprint density at radius 3 is 3.00 bits per heavy atom. The van der Waals surface area contributed by atoms with Crippen LogP contribution in [0.3, 0.4) is 0 Å². The summed E-state index contributed by atoms with van der Waals surface area (Å²) >= 11 is 1.66. The van der Waals surface area contributed by atoms with E-state index in [9.17, 15) is 4.79 Å². The molecule has 1 aromatic rings. The van der Waals surface area contributed by atoms with E-state index in [1.807, 2.05) is 11.4 Å². The van der Waals surface area contributed by atoms with Crippen molar-refractivity contribution in [2.75, 3.05) is 0 Å². The lowest BCUT2D eigenvalue weighted by Gasteiger charge is -1.82. The van der Waals surface area contributed by atoms with E-state index in [1.165, 1.54) is 4.88 Å². The molecule has 0 unspecified atom stereocenters. The number of hydrogen-bond acceptors (Lipinski definition) is 2. The molecule has 0 aliphatic carbocycles. The molecule has 0 aliphatic heterocycles. The van der Waals surface area contributed by atoms with Gasteiger partial charge in [0, 0.05) is 11.0 Å². The van der Waals surface area contributed by atoms with E-state index in [0.29, 0.717) is 0 Å². The predicted octanol–water partition coefficient (Wildman–Crippen LogP) is 2.41. The van der Waals surface area contributed by atoms with E-state index in [1.54, 1.807) is 17.4 Å². The molecule has 1 aromatic heterocycles. The first-order valence-corrected chi connectivity index (χ1v) is 4.58. The van der Waals surface area contributed by atoms with Crippen molar-refractivity contribution in [1.82, 2.24) is 0 Å². The maximum atomic E-state index is 10.2. The van der Waals surface area contributed by atoms with Crippen molar-refractivity contribution in [2.45, 2.75) is 13.3 Å². The Kier molecular flexibility index (Phi) is 3.05. The fourth-order valence-corrected chi connectivity index (χ4v) is 1.64. The number of aliphatic carboxylic acids is 1. The van der Waals surface area contributed by atoms with Crippen molar-refractivity contribution >= 4 is 23.4 Å². The van der Waals surface area contributed by atoms with Gasteiger partial charge in [-0.2, -0.15) is 0 Å². The fraction of sp³-hybridized carbons (Fsp3) is 0.222. The van der Waals surface area contributed by atoms with E-state index in [2.05, 4.69) is 6.92 Å². The highest BCUT2D eigenvalue weighted by molar-refractivity contribution is 7.10. The average molecular weight is 182 g/mol. The number of rotatable bonds is 3. The first kappa shape index (κ1) is 9.00. The van der Waals surface area contributed by atoms with E-state index >= 15 is 0 Å². The molecule has 64 valence electrons. The Labute approximate surface area is 75.2 Å². The number of carboxylic acid groups (broad SMARTS) is 1. The number of carbonyl (C=O) groups is 1. The molecule has 0 saturated heterocycles. The molecule has 0 atom stereocenters. The zero-order chi connectivity index (χ0) is 8.97. The summed E-state index contributed by atoms with van der Waals surface area (Å²) in [5, 5.41) is 10.3. The first-order valence-electron chi connectivity index (χ1n) is 3.70. The van der Waals surface area contributed by atoms with Gasteiger partial charge >= 0.3 is 5.97 Å². The van der Waals surface area contributed by atoms with Crippen LogP contribution in [0.5, 0.6) is 0 Å². The molecular formula is C9H10O2S. The van der Waals surface area contributed by atoms with Gasteiger partial charge in [-0.15, -0.1) is 11.3 Å². The van der Waals surface area contributed by atoms with E-state index in [-0.39, 0.29) is 0 Å². The Morgan fingerprint density at radius 1 is 1.75 bits per heavy atom. The fourth-order valence-electron chi connectivity index (χ4n) is 0.838. The molecule has 1 N–H and O–H groups in total. The van der Waals surface area contributed by atoms with Gasteiger partial charge in [-0.25, -0.2) is 4.79 Å². The number of hydrogen-bond donors (Lipinski definition) is 1. The highest BCUT2D eigenvalue weighted by Gasteiger charge is 1.94. The second-order valence-corrected chi connectivity index (χ2v) is 3.37. The van der Waals surface area contributed by atoms with Crippen LogP contribution in [0.4, 0.5) is 0 Å². The van der Waals surface area contributed by atoms with Crippen LogP contribution in [0.2, 0.25) is 0 Å². The van der Waals surface area contributed by atoms with Gasteiger partial charge < -0.3 is 5.11 Å². The molecule has 1 rings (SSSR count). The maximum absolute atomic E-state index is 10.2. The topological polar surface area (TPSA) is 37.3 Å². The third-order valence-electron chi connectivity index (χ3n) is 1.44. The van der Waals surface area contributed by atoms with Crippen molar-refractivity contribution in [1.29, 1.82) is 0 Å². The van der Waals surface area contributed by atoms with Crippen molar-refractivity contribution < 1.29 is 9.90 Å². The quantitative estimate of drug-likeness (QED) is 0.729. The van der Waals surface area contributed by atoms with Crippen LogP contribution < -0.4 is 0 Å². The minimum absolute atomic E-state index is 0.903. The molecule has 0 bridgehead atoms. The van der Waals surface area contributed by atoms with Gasteiger partial charge in [0.2, 0.25) is 0 Å². The van der Waals surface area contributed by atoms with Crippen molar-refractivity contribution in [2.24, 2.45) is 0 Å². The third kappa shape index (κ3) is 2.51. The van der Waals surface area contributed by atoms with Crippen LogP contribution in [-0.2, 0) is 11.2 Å². The largest absolute Gasteiger partial charge is 0.478 e. The Bertz CT molecular complexity index is 299. The summed E-state index contributed by atoms with van der Waals surface area (Å²) in [6.45, 7) is 2.08. The van der Waals surface area contributed by atoms with E-state index in [4.69, 9.17) is 5.11 Å². The average Bonchev–Trinajstić information content (AvgIpc) is 2.48. The van der Waals surface area contributed by atoms with Gasteiger partial charge in [-0.1, -0.05) is 6.92 Å². The van der Waals surface area contributed by atoms with E-state index < -0.39 is 5.97 Å². The lowest BCUT2D eigenvalue weighted by molar-refractivity contribution is -0.131. The van der Waals surface area contributed by atoms with Gasteiger partial charge in [0.15, 0.2) is 0 Å². The number of aryl methyl sites for hydroxylation is 1. The molecule has 0 radical (unpaired) electrons. The summed E-state index contributed by atoms with van der Waals surface area (Å²) in [6, 6.07) is 2.00. The predicted molar refractivity (Wildman–Crippen MR) is 50.4 cm³/mol. The molecule has 12 heavy (non-hydrogen) atoms. The van der Waals surface area contributed by atoms with Crippen molar-refractivity contribution in [3.8, 4) is 0 Å². The van der Waals surface area contributed by atoms with Gasteiger partial charge in [0.1, 0.15) is 0 Å². The summed E-state index contributed by atoms with van der Waals surface area (Å²) in [6.07, 6.45) is 3.77. The lowest BCUT2D eigenvalue weighted by atomic mass is 10.2. The molecule has 2 nitrogen and oxygen atoms in total. The van der Waals surface area contributed by atoms with Gasteiger partial charge in [-0.05, 0) is 29.5 Å². The minimum atomic E-state index is -0.903. The summed E-state index contributed by atoms with van der Waals surface area (Å²) in [5.41, 5.74) is 0.972. The van der Waals surface area contributed by atoms with Crippen molar-refractivity contribution in [3.05, 3.63) is 28.0 Å². The summed E-state index contributed by atoms with van der Waals surface area (Å²) in [7, 11) is 0. The highest BCUT2D eigenvalue weighted by atomic mass is 32.1. The highest BCUT2D eigenvalue weighted by Crippen LogP contribution is 2.15. The SMILES string of the molecule is CCc1cc(C=CC(=O)O)cs1. The maximum Gasteiger partial charge on any atom is 0.328 e. The Hall–Kier alpha value is -1.09. The zero-order valence-corrected chi connectivity index (χ0v) is 7.60. The van der Waals surface area contributed by atoms with Crippen LogP contribution in [0.15, 0.2) is 17.5 Å². The summed E-state index contributed by atoms with van der Waals surface area (Å²) in [4.78, 5) is 11.4. The normalized spacial score (nSPS) is 10.8.